The average molecular weight is 345 g/mol. The van der Waals surface area contributed by atoms with Crippen molar-refractivity contribution in [3.05, 3.63) is 47.8 Å². The maximum absolute atomic E-state index is 13.2. The van der Waals surface area contributed by atoms with Crippen LogP contribution in [0.25, 0.3) is 10.2 Å². The molecule has 1 aromatic heterocycles. The molecule has 0 spiro atoms. The lowest BCUT2D eigenvalue weighted by atomic mass is 10.2. The monoisotopic (exact) mass is 345 g/mol. The molecule has 0 radical (unpaired) electrons. The van der Waals surface area contributed by atoms with Gasteiger partial charge >= 0.3 is 6.03 Å². The molecule has 2 N–H and O–H groups in total. The summed E-state index contributed by atoms with van der Waals surface area (Å²) in [6.45, 7) is 0.549. The van der Waals surface area contributed by atoms with E-state index in [0.717, 1.165) is 5.56 Å². The molecule has 0 saturated carbocycles. The van der Waals surface area contributed by atoms with Gasteiger partial charge in [-0.05, 0) is 35.9 Å². The van der Waals surface area contributed by atoms with E-state index in [2.05, 4.69) is 15.6 Å². The van der Waals surface area contributed by atoms with Gasteiger partial charge in [-0.1, -0.05) is 17.4 Å². The van der Waals surface area contributed by atoms with Gasteiger partial charge in [0.05, 0.1) is 10.2 Å². The number of benzene rings is 2. The van der Waals surface area contributed by atoms with Crippen LogP contribution in [0.4, 0.5) is 14.3 Å². The first-order valence-corrected chi connectivity index (χ1v) is 7.98. The first-order valence-electron chi connectivity index (χ1n) is 7.17. The van der Waals surface area contributed by atoms with Crippen molar-refractivity contribution in [2.24, 2.45) is 0 Å². The predicted octanol–water partition coefficient (Wildman–Crippen LogP) is 3.49. The highest BCUT2D eigenvalue weighted by Gasteiger charge is 2.13. The highest BCUT2D eigenvalue weighted by atomic mass is 32.1. The Kier molecular flexibility index (Phi) is 3.66. The zero-order valence-corrected chi connectivity index (χ0v) is 13.2. The van der Waals surface area contributed by atoms with Crippen LogP contribution in [-0.2, 0) is 6.54 Å². The Morgan fingerprint density at radius 2 is 2.08 bits per heavy atom. The van der Waals surface area contributed by atoms with Gasteiger partial charge in [0, 0.05) is 6.54 Å². The number of fused-ring (bicyclic) bond motifs is 2. The molecule has 0 saturated heterocycles. The van der Waals surface area contributed by atoms with Crippen LogP contribution >= 0.6 is 11.3 Å². The summed E-state index contributed by atoms with van der Waals surface area (Å²) >= 11 is 1.22. The second kappa shape index (κ2) is 5.97. The maximum atomic E-state index is 13.2. The highest BCUT2D eigenvalue weighted by Crippen LogP contribution is 2.32. The van der Waals surface area contributed by atoms with Gasteiger partial charge in [0.2, 0.25) is 6.79 Å². The van der Waals surface area contributed by atoms with Crippen LogP contribution in [0.3, 0.4) is 0 Å². The van der Waals surface area contributed by atoms with E-state index in [9.17, 15) is 9.18 Å². The minimum absolute atomic E-state index is 0.213. The standard InChI is InChI=1S/C16H12FN3O3S/c17-10-2-3-11-14(6-10)24-16(19-11)20-15(21)18-7-9-1-4-12-13(5-9)23-8-22-12/h1-6H,7-8H2,(H2,18,19,20,21). The van der Waals surface area contributed by atoms with Crippen molar-refractivity contribution in [2.75, 3.05) is 12.1 Å². The predicted molar refractivity (Wildman–Crippen MR) is 88.0 cm³/mol. The van der Waals surface area contributed by atoms with Crippen LogP contribution in [0.5, 0.6) is 11.5 Å². The van der Waals surface area contributed by atoms with Crippen molar-refractivity contribution in [2.45, 2.75) is 6.54 Å². The van der Waals surface area contributed by atoms with Crippen LogP contribution in [0, 0.1) is 5.82 Å². The fourth-order valence-corrected chi connectivity index (χ4v) is 3.21. The smallest absolute Gasteiger partial charge is 0.321 e. The number of ether oxygens (including phenoxy) is 2. The third kappa shape index (κ3) is 2.95. The van der Waals surface area contributed by atoms with Crippen molar-refractivity contribution in [1.82, 2.24) is 10.3 Å². The van der Waals surface area contributed by atoms with Gasteiger partial charge in [-0.2, -0.15) is 0 Å². The van der Waals surface area contributed by atoms with Gasteiger partial charge in [-0.15, -0.1) is 0 Å². The third-order valence-corrected chi connectivity index (χ3v) is 4.39. The molecule has 8 heteroatoms. The van der Waals surface area contributed by atoms with E-state index >= 15 is 0 Å². The van der Waals surface area contributed by atoms with E-state index in [4.69, 9.17) is 9.47 Å². The Hall–Kier alpha value is -2.87. The van der Waals surface area contributed by atoms with E-state index < -0.39 is 0 Å². The number of halogens is 1. The van der Waals surface area contributed by atoms with Crippen molar-refractivity contribution >= 4 is 32.7 Å². The Bertz CT molecular complexity index is 928. The number of carbonyl (C=O) groups is 1. The fourth-order valence-electron chi connectivity index (χ4n) is 2.33. The zero-order valence-electron chi connectivity index (χ0n) is 12.3. The topological polar surface area (TPSA) is 72.5 Å². The summed E-state index contributed by atoms with van der Waals surface area (Å²) in [5.74, 6) is 1.04. The third-order valence-electron chi connectivity index (χ3n) is 3.46. The van der Waals surface area contributed by atoms with E-state index in [1.54, 1.807) is 12.1 Å². The molecule has 2 heterocycles. The normalized spacial score (nSPS) is 12.4. The minimum atomic E-state index is -0.382. The van der Waals surface area contributed by atoms with E-state index in [0.29, 0.717) is 33.4 Å². The Balaban J connectivity index is 1.39. The molecule has 122 valence electrons. The molecule has 6 nitrogen and oxygen atoms in total. The molecule has 1 aliphatic rings. The summed E-state index contributed by atoms with van der Waals surface area (Å²) in [4.78, 5) is 16.2. The van der Waals surface area contributed by atoms with Crippen LogP contribution in [-0.4, -0.2) is 17.8 Å². The molecule has 0 bridgehead atoms. The number of aromatic nitrogens is 1. The molecule has 24 heavy (non-hydrogen) atoms. The Morgan fingerprint density at radius 1 is 1.21 bits per heavy atom. The summed E-state index contributed by atoms with van der Waals surface area (Å²) in [5.41, 5.74) is 1.54. The van der Waals surface area contributed by atoms with Crippen LogP contribution in [0.2, 0.25) is 0 Å². The van der Waals surface area contributed by atoms with Gasteiger partial charge in [-0.3, -0.25) is 5.32 Å². The lowest BCUT2D eigenvalue weighted by molar-refractivity contribution is 0.174. The number of carbonyl (C=O) groups excluding carboxylic acids is 1. The maximum Gasteiger partial charge on any atom is 0.321 e. The Labute approximate surface area is 140 Å². The molecule has 4 rings (SSSR count). The molecule has 2 aromatic carbocycles. The zero-order chi connectivity index (χ0) is 16.5. The van der Waals surface area contributed by atoms with Gasteiger partial charge in [0.15, 0.2) is 16.6 Å². The number of hydrogen-bond donors (Lipinski definition) is 2. The van der Waals surface area contributed by atoms with E-state index in [1.165, 1.54) is 23.5 Å². The van der Waals surface area contributed by atoms with Crippen molar-refractivity contribution in [1.29, 1.82) is 0 Å². The number of nitrogens with zero attached hydrogens (tertiary/aromatic N) is 1. The number of thiazole rings is 1. The van der Waals surface area contributed by atoms with Gasteiger partial charge in [0.25, 0.3) is 0 Å². The number of anilines is 1. The number of amides is 2. The van der Waals surface area contributed by atoms with Crippen LogP contribution in [0.15, 0.2) is 36.4 Å². The summed E-state index contributed by atoms with van der Waals surface area (Å²) < 4.78 is 24.4. The number of urea groups is 1. The van der Waals surface area contributed by atoms with E-state index in [1.807, 2.05) is 12.1 Å². The molecule has 0 unspecified atom stereocenters. The molecule has 0 fully saturated rings. The first-order chi connectivity index (χ1) is 11.7. The second-order valence-corrected chi connectivity index (χ2v) is 6.16. The molecule has 0 aliphatic carbocycles. The Morgan fingerprint density at radius 3 is 3.00 bits per heavy atom. The van der Waals surface area contributed by atoms with Gasteiger partial charge < -0.3 is 14.8 Å². The highest BCUT2D eigenvalue weighted by molar-refractivity contribution is 7.22. The number of hydrogen-bond acceptors (Lipinski definition) is 5. The summed E-state index contributed by atoms with van der Waals surface area (Å²) in [6, 6.07) is 9.41. The number of nitrogens with one attached hydrogen (secondary N) is 2. The molecule has 2 amide bonds. The average Bonchev–Trinajstić information content (AvgIpc) is 3.17. The summed E-state index contributed by atoms with van der Waals surface area (Å²) in [5, 5.41) is 5.81. The lowest BCUT2D eigenvalue weighted by Crippen LogP contribution is -2.28. The van der Waals surface area contributed by atoms with Crippen molar-refractivity contribution in [3.8, 4) is 11.5 Å². The first kappa shape index (κ1) is 14.7. The summed E-state index contributed by atoms with van der Waals surface area (Å²) in [7, 11) is 0. The molecule has 3 aromatic rings. The SMILES string of the molecule is O=C(NCc1ccc2c(c1)OCO2)Nc1nc2ccc(F)cc2s1. The lowest BCUT2D eigenvalue weighted by Gasteiger charge is -2.06. The van der Waals surface area contributed by atoms with Crippen molar-refractivity contribution in [3.63, 3.8) is 0 Å². The molecule has 0 atom stereocenters. The second-order valence-electron chi connectivity index (χ2n) is 5.13. The van der Waals surface area contributed by atoms with E-state index in [-0.39, 0.29) is 18.6 Å². The minimum Gasteiger partial charge on any atom is -0.454 e. The van der Waals surface area contributed by atoms with Crippen molar-refractivity contribution < 1.29 is 18.7 Å². The van der Waals surface area contributed by atoms with Crippen LogP contribution in [0.1, 0.15) is 5.56 Å². The largest absolute Gasteiger partial charge is 0.454 e. The van der Waals surface area contributed by atoms with Gasteiger partial charge in [-0.25, -0.2) is 14.2 Å². The summed E-state index contributed by atoms with van der Waals surface area (Å²) in [6.07, 6.45) is 0. The van der Waals surface area contributed by atoms with Crippen LogP contribution < -0.4 is 20.1 Å². The van der Waals surface area contributed by atoms with Gasteiger partial charge in [0.1, 0.15) is 5.82 Å². The molecular weight excluding hydrogens is 333 g/mol. The quantitative estimate of drug-likeness (QED) is 0.762. The number of rotatable bonds is 3. The fraction of sp³-hybridized carbons (Fsp3) is 0.125. The molecule has 1 aliphatic heterocycles. The molecular formula is C16H12FN3O3S.